The molecule has 1 saturated heterocycles. The molecular formula is C24H27ClN4O3. The predicted molar refractivity (Wildman–Crippen MR) is 125 cm³/mol. The molecule has 0 aromatic heterocycles. The number of methoxy groups -OCH3 is 1. The van der Waals surface area contributed by atoms with Crippen LogP contribution in [-0.2, 0) is 9.53 Å². The standard InChI is InChI=1S/C24H27ClN4O3/c1-16-6-5-7-17(14-16)29-12-10-28(11-13-29)15-20-21(23(30)32-2)22(27-24(31)26-20)18-8-3-4-9-19(18)25/h3-9,14,22H,10-13,15H2,1-2H3,(H2,26,27,31)/t22-/m1/s1. The van der Waals surface area contributed by atoms with Gasteiger partial charge in [0.25, 0.3) is 0 Å². The number of esters is 1. The van der Waals surface area contributed by atoms with Crippen LogP contribution in [0, 0.1) is 6.92 Å². The second-order valence-corrected chi connectivity index (χ2v) is 8.45. The molecule has 2 aromatic carbocycles. The zero-order valence-electron chi connectivity index (χ0n) is 18.2. The van der Waals surface area contributed by atoms with Crippen molar-refractivity contribution >= 4 is 29.3 Å². The first-order valence-corrected chi connectivity index (χ1v) is 11.0. The lowest BCUT2D eigenvalue weighted by Crippen LogP contribution is -2.51. The molecule has 8 heteroatoms. The van der Waals surface area contributed by atoms with E-state index < -0.39 is 12.0 Å². The maximum atomic E-state index is 12.7. The first kappa shape index (κ1) is 22.2. The van der Waals surface area contributed by atoms with Crippen LogP contribution < -0.4 is 15.5 Å². The fraction of sp³-hybridized carbons (Fsp3) is 0.333. The second kappa shape index (κ2) is 9.63. The maximum Gasteiger partial charge on any atom is 0.338 e. The molecule has 2 aromatic rings. The van der Waals surface area contributed by atoms with Crippen molar-refractivity contribution in [2.24, 2.45) is 0 Å². The number of halogens is 1. The van der Waals surface area contributed by atoms with Crippen LogP contribution in [0.1, 0.15) is 17.2 Å². The number of anilines is 1. The third-order valence-electron chi connectivity index (χ3n) is 5.90. The van der Waals surface area contributed by atoms with Gasteiger partial charge in [0.1, 0.15) is 0 Å². The third-order valence-corrected chi connectivity index (χ3v) is 6.24. The van der Waals surface area contributed by atoms with Crippen molar-refractivity contribution in [3.63, 3.8) is 0 Å². The van der Waals surface area contributed by atoms with E-state index in [-0.39, 0.29) is 6.03 Å². The van der Waals surface area contributed by atoms with E-state index >= 15 is 0 Å². The van der Waals surface area contributed by atoms with E-state index in [0.717, 1.165) is 26.2 Å². The van der Waals surface area contributed by atoms with Gasteiger partial charge in [-0.2, -0.15) is 0 Å². The molecule has 0 radical (unpaired) electrons. The number of carbonyl (C=O) groups excluding carboxylic acids is 2. The van der Waals surface area contributed by atoms with Gasteiger partial charge in [-0.1, -0.05) is 41.9 Å². The molecule has 168 valence electrons. The van der Waals surface area contributed by atoms with Gasteiger partial charge < -0.3 is 20.3 Å². The van der Waals surface area contributed by atoms with Crippen LogP contribution in [0.15, 0.2) is 59.8 Å². The molecule has 2 aliphatic heterocycles. The summed E-state index contributed by atoms with van der Waals surface area (Å²) in [5.41, 5.74) is 4.04. The Labute approximate surface area is 193 Å². The van der Waals surface area contributed by atoms with Gasteiger partial charge in [0, 0.05) is 49.1 Å². The number of aryl methyl sites for hydroxylation is 1. The maximum absolute atomic E-state index is 12.7. The van der Waals surface area contributed by atoms with Crippen LogP contribution in [0.2, 0.25) is 5.02 Å². The van der Waals surface area contributed by atoms with Crippen molar-refractivity contribution in [2.75, 3.05) is 44.7 Å². The second-order valence-electron chi connectivity index (χ2n) is 8.04. The summed E-state index contributed by atoms with van der Waals surface area (Å²) in [4.78, 5) is 29.8. The van der Waals surface area contributed by atoms with Crippen molar-refractivity contribution in [3.8, 4) is 0 Å². The number of hydrogen-bond acceptors (Lipinski definition) is 5. The van der Waals surface area contributed by atoms with E-state index in [1.807, 2.05) is 12.1 Å². The molecule has 0 bridgehead atoms. The SMILES string of the molecule is COC(=O)C1=C(CN2CCN(c3cccc(C)c3)CC2)NC(=O)N[C@@H]1c1ccccc1Cl. The van der Waals surface area contributed by atoms with Gasteiger partial charge in [-0.25, -0.2) is 9.59 Å². The molecule has 4 rings (SSSR count). The molecule has 1 atom stereocenters. The fourth-order valence-electron chi connectivity index (χ4n) is 4.25. The molecule has 0 unspecified atom stereocenters. The summed E-state index contributed by atoms with van der Waals surface area (Å²) in [6.45, 7) is 5.89. The molecule has 0 saturated carbocycles. The average molecular weight is 455 g/mol. The highest BCUT2D eigenvalue weighted by atomic mass is 35.5. The van der Waals surface area contributed by atoms with E-state index in [9.17, 15) is 9.59 Å². The van der Waals surface area contributed by atoms with Crippen LogP contribution >= 0.6 is 11.6 Å². The molecule has 2 aliphatic rings. The number of nitrogens with one attached hydrogen (secondary N) is 2. The van der Waals surface area contributed by atoms with Gasteiger partial charge in [0.15, 0.2) is 0 Å². The van der Waals surface area contributed by atoms with Gasteiger partial charge in [-0.05, 0) is 36.2 Å². The minimum atomic E-state index is -0.673. The molecular weight excluding hydrogens is 428 g/mol. The average Bonchev–Trinajstić information content (AvgIpc) is 2.79. The number of benzene rings is 2. The number of nitrogens with zero attached hydrogens (tertiary/aromatic N) is 2. The molecule has 0 aliphatic carbocycles. The van der Waals surface area contributed by atoms with Crippen LogP contribution in [0.5, 0.6) is 0 Å². The molecule has 2 amide bonds. The first-order valence-electron chi connectivity index (χ1n) is 10.6. The summed E-state index contributed by atoms with van der Waals surface area (Å²) < 4.78 is 5.06. The lowest BCUT2D eigenvalue weighted by Gasteiger charge is -2.38. The Bertz CT molecular complexity index is 1050. The lowest BCUT2D eigenvalue weighted by molar-refractivity contribution is -0.136. The number of ether oxygens (including phenoxy) is 1. The Hall–Kier alpha value is -3.03. The minimum Gasteiger partial charge on any atom is -0.466 e. The lowest BCUT2D eigenvalue weighted by atomic mass is 9.95. The van der Waals surface area contributed by atoms with E-state index in [0.29, 0.717) is 28.4 Å². The topological polar surface area (TPSA) is 73.9 Å². The van der Waals surface area contributed by atoms with Gasteiger partial charge >= 0.3 is 12.0 Å². The highest BCUT2D eigenvalue weighted by Gasteiger charge is 2.35. The Morgan fingerprint density at radius 1 is 1.12 bits per heavy atom. The monoisotopic (exact) mass is 454 g/mol. The van der Waals surface area contributed by atoms with Crippen molar-refractivity contribution in [1.82, 2.24) is 15.5 Å². The summed E-state index contributed by atoms with van der Waals surface area (Å²) in [5.74, 6) is -0.490. The Balaban J connectivity index is 1.55. The van der Waals surface area contributed by atoms with E-state index in [2.05, 4.69) is 51.6 Å². The molecule has 2 N–H and O–H groups in total. The van der Waals surface area contributed by atoms with Crippen LogP contribution in [0.4, 0.5) is 10.5 Å². The Morgan fingerprint density at radius 3 is 2.56 bits per heavy atom. The van der Waals surface area contributed by atoms with Crippen LogP contribution in [0.3, 0.4) is 0 Å². The number of hydrogen-bond donors (Lipinski definition) is 2. The van der Waals surface area contributed by atoms with E-state index in [4.69, 9.17) is 16.3 Å². The molecule has 0 spiro atoms. The minimum absolute atomic E-state index is 0.365. The number of carbonyl (C=O) groups is 2. The highest BCUT2D eigenvalue weighted by molar-refractivity contribution is 6.31. The summed E-state index contributed by atoms with van der Waals surface area (Å²) in [6, 6.07) is 14.6. The van der Waals surface area contributed by atoms with Crippen molar-refractivity contribution in [2.45, 2.75) is 13.0 Å². The summed E-state index contributed by atoms with van der Waals surface area (Å²) in [6.07, 6.45) is 0. The van der Waals surface area contributed by atoms with Crippen LogP contribution in [-0.4, -0.2) is 56.7 Å². The van der Waals surface area contributed by atoms with Gasteiger partial charge in [0.2, 0.25) is 0 Å². The molecule has 2 heterocycles. The molecule has 32 heavy (non-hydrogen) atoms. The normalized spacial score (nSPS) is 19.4. The van der Waals surface area contributed by atoms with Crippen LogP contribution in [0.25, 0.3) is 0 Å². The zero-order valence-corrected chi connectivity index (χ0v) is 19.0. The number of urea groups is 1. The fourth-order valence-corrected chi connectivity index (χ4v) is 4.49. The van der Waals surface area contributed by atoms with Crippen molar-refractivity contribution in [1.29, 1.82) is 0 Å². The highest BCUT2D eigenvalue weighted by Crippen LogP contribution is 2.32. The number of rotatable bonds is 5. The summed E-state index contributed by atoms with van der Waals surface area (Å²) in [7, 11) is 1.34. The summed E-state index contributed by atoms with van der Waals surface area (Å²) in [5, 5.41) is 6.13. The first-order chi connectivity index (χ1) is 15.5. The number of piperazine rings is 1. The van der Waals surface area contributed by atoms with Crippen molar-refractivity contribution in [3.05, 3.63) is 76.0 Å². The van der Waals surface area contributed by atoms with Gasteiger partial charge in [-0.15, -0.1) is 0 Å². The largest absolute Gasteiger partial charge is 0.466 e. The summed E-state index contributed by atoms with van der Waals surface area (Å²) >= 11 is 6.38. The Kier molecular flexibility index (Phi) is 6.67. The van der Waals surface area contributed by atoms with Crippen molar-refractivity contribution < 1.29 is 14.3 Å². The van der Waals surface area contributed by atoms with E-state index in [1.54, 1.807) is 12.1 Å². The van der Waals surface area contributed by atoms with E-state index in [1.165, 1.54) is 18.4 Å². The molecule has 7 nitrogen and oxygen atoms in total. The van der Waals surface area contributed by atoms with Gasteiger partial charge in [0.05, 0.1) is 18.7 Å². The predicted octanol–water partition coefficient (Wildman–Crippen LogP) is 3.25. The zero-order chi connectivity index (χ0) is 22.7. The third kappa shape index (κ3) is 4.74. The number of amides is 2. The smallest absolute Gasteiger partial charge is 0.338 e. The Morgan fingerprint density at radius 2 is 1.88 bits per heavy atom. The quantitative estimate of drug-likeness (QED) is 0.678. The molecule has 1 fully saturated rings. The van der Waals surface area contributed by atoms with Gasteiger partial charge in [-0.3, -0.25) is 4.90 Å².